The average molecular weight is 345 g/mol. The Labute approximate surface area is 147 Å². The van der Waals surface area contributed by atoms with Gasteiger partial charge in [0.1, 0.15) is 0 Å². The summed E-state index contributed by atoms with van der Waals surface area (Å²) in [5.41, 5.74) is 2.29. The van der Waals surface area contributed by atoms with Crippen molar-refractivity contribution in [2.24, 2.45) is 0 Å². The highest BCUT2D eigenvalue weighted by Gasteiger charge is 2.07. The second-order valence-corrected chi connectivity index (χ2v) is 5.93. The van der Waals surface area contributed by atoms with E-state index in [4.69, 9.17) is 11.6 Å². The molecule has 0 unspecified atom stereocenters. The number of hydrogen-bond acceptors (Lipinski definition) is 2. The van der Waals surface area contributed by atoms with Gasteiger partial charge in [0.25, 0.3) is 0 Å². The number of amides is 2. The van der Waals surface area contributed by atoms with Gasteiger partial charge in [-0.25, -0.2) is 0 Å². The number of benzene rings is 2. The summed E-state index contributed by atoms with van der Waals surface area (Å²) < 4.78 is 0. The molecule has 2 amide bonds. The summed E-state index contributed by atoms with van der Waals surface area (Å²) in [5, 5.41) is 6.33. The number of anilines is 2. The molecule has 0 aliphatic carbocycles. The topological polar surface area (TPSA) is 58.2 Å². The van der Waals surface area contributed by atoms with Crippen molar-refractivity contribution in [1.29, 1.82) is 0 Å². The minimum Gasteiger partial charge on any atom is -0.326 e. The summed E-state index contributed by atoms with van der Waals surface area (Å²) in [6, 6.07) is 14.6. The highest BCUT2D eigenvalue weighted by atomic mass is 35.5. The first-order chi connectivity index (χ1) is 11.6. The normalized spacial score (nSPS) is 10.2. The quantitative estimate of drug-likeness (QED) is 0.768. The van der Waals surface area contributed by atoms with Gasteiger partial charge >= 0.3 is 0 Å². The van der Waals surface area contributed by atoms with Crippen molar-refractivity contribution < 1.29 is 9.59 Å². The van der Waals surface area contributed by atoms with Crippen molar-refractivity contribution in [2.75, 3.05) is 10.6 Å². The fourth-order valence-corrected chi connectivity index (χ4v) is 2.53. The first-order valence-corrected chi connectivity index (χ1v) is 8.39. The summed E-state index contributed by atoms with van der Waals surface area (Å²) in [7, 11) is 0. The van der Waals surface area contributed by atoms with Crippen LogP contribution in [0.25, 0.3) is 0 Å². The molecule has 0 bridgehead atoms. The maximum atomic E-state index is 12.1. The molecule has 0 heterocycles. The Morgan fingerprint density at radius 1 is 0.917 bits per heavy atom. The Kier molecular flexibility index (Phi) is 6.82. The maximum absolute atomic E-state index is 12.1. The van der Waals surface area contributed by atoms with Gasteiger partial charge < -0.3 is 10.6 Å². The molecule has 2 aromatic carbocycles. The number of carbonyl (C=O) groups is 2. The van der Waals surface area contributed by atoms with Gasteiger partial charge in [-0.1, -0.05) is 42.8 Å². The van der Waals surface area contributed by atoms with E-state index >= 15 is 0 Å². The highest BCUT2D eigenvalue weighted by Crippen LogP contribution is 2.18. The van der Waals surface area contributed by atoms with Crippen molar-refractivity contribution in [3.8, 4) is 0 Å². The standard InChI is InChI=1S/C19H21ClN2O2/c1-2-6-18(23)21-15-8-5-9-16(13-15)22-19(24)12-11-14-7-3-4-10-17(14)20/h3-5,7-10,13H,2,6,11-12H2,1H3,(H,21,23)(H,22,24). The number of nitrogens with one attached hydrogen (secondary N) is 2. The van der Waals surface area contributed by atoms with Gasteiger partial charge in [0.15, 0.2) is 0 Å². The molecule has 5 heteroatoms. The van der Waals surface area contributed by atoms with Gasteiger partial charge in [-0.2, -0.15) is 0 Å². The smallest absolute Gasteiger partial charge is 0.224 e. The predicted octanol–water partition coefficient (Wildman–Crippen LogP) is 4.65. The molecule has 0 aromatic heterocycles. The summed E-state index contributed by atoms with van der Waals surface area (Å²) in [6.45, 7) is 1.95. The molecule has 2 N–H and O–H groups in total. The summed E-state index contributed by atoms with van der Waals surface area (Å²) in [5.74, 6) is -0.119. The van der Waals surface area contributed by atoms with Crippen LogP contribution in [0.2, 0.25) is 5.02 Å². The average Bonchev–Trinajstić information content (AvgIpc) is 2.54. The van der Waals surface area contributed by atoms with Gasteiger partial charge in [0.2, 0.25) is 11.8 Å². The zero-order valence-corrected chi connectivity index (χ0v) is 14.4. The van der Waals surface area contributed by atoms with Crippen molar-refractivity contribution >= 4 is 34.8 Å². The lowest BCUT2D eigenvalue weighted by Gasteiger charge is -2.09. The number of halogens is 1. The summed E-state index contributed by atoms with van der Waals surface area (Å²) >= 11 is 6.09. The summed E-state index contributed by atoms with van der Waals surface area (Å²) in [4.78, 5) is 23.7. The van der Waals surface area contributed by atoms with Crippen molar-refractivity contribution in [3.63, 3.8) is 0 Å². The fraction of sp³-hybridized carbons (Fsp3) is 0.263. The van der Waals surface area contributed by atoms with E-state index in [9.17, 15) is 9.59 Å². The Morgan fingerprint density at radius 3 is 2.17 bits per heavy atom. The minimum atomic E-state index is -0.0908. The molecule has 4 nitrogen and oxygen atoms in total. The van der Waals surface area contributed by atoms with Crippen molar-refractivity contribution in [2.45, 2.75) is 32.6 Å². The van der Waals surface area contributed by atoms with Crippen LogP contribution in [0.15, 0.2) is 48.5 Å². The molecule has 0 aliphatic heterocycles. The molecule has 0 radical (unpaired) electrons. The van der Waals surface area contributed by atoms with Crippen molar-refractivity contribution in [1.82, 2.24) is 0 Å². The molecule has 0 saturated carbocycles. The third-order valence-electron chi connectivity index (χ3n) is 3.49. The van der Waals surface area contributed by atoms with E-state index in [-0.39, 0.29) is 11.8 Å². The minimum absolute atomic E-state index is 0.0281. The molecule has 2 rings (SSSR count). The Morgan fingerprint density at radius 2 is 1.54 bits per heavy atom. The third-order valence-corrected chi connectivity index (χ3v) is 3.86. The largest absolute Gasteiger partial charge is 0.326 e. The van der Waals surface area contributed by atoms with E-state index in [2.05, 4.69) is 10.6 Å². The van der Waals surface area contributed by atoms with E-state index in [1.807, 2.05) is 31.2 Å². The van der Waals surface area contributed by atoms with E-state index in [0.717, 1.165) is 12.0 Å². The van der Waals surface area contributed by atoms with Gasteiger partial charge in [-0.15, -0.1) is 0 Å². The first kappa shape index (κ1) is 18.0. The van der Waals surface area contributed by atoms with Crippen LogP contribution in [0.1, 0.15) is 31.7 Å². The number of aryl methyl sites for hydroxylation is 1. The molecule has 0 saturated heterocycles. The molecule has 24 heavy (non-hydrogen) atoms. The lowest BCUT2D eigenvalue weighted by Crippen LogP contribution is -2.14. The van der Waals surface area contributed by atoms with Crippen LogP contribution in [-0.2, 0) is 16.0 Å². The predicted molar refractivity (Wildman–Crippen MR) is 98.4 cm³/mol. The lowest BCUT2D eigenvalue weighted by atomic mass is 10.1. The zero-order valence-electron chi connectivity index (χ0n) is 13.6. The molecular formula is C19H21ClN2O2. The maximum Gasteiger partial charge on any atom is 0.224 e. The van der Waals surface area contributed by atoms with Gasteiger partial charge in [-0.3, -0.25) is 9.59 Å². The van der Waals surface area contributed by atoms with E-state index in [0.29, 0.717) is 35.7 Å². The van der Waals surface area contributed by atoms with Crippen LogP contribution in [0.4, 0.5) is 11.4 Å². The van der Waals surface area contributed by atoms with Crippen LogP contribution in [0, 0.1) is 0 Å². The Bertz CT molecular complexity index is 716. The molecule has 0 fully saturated rings. The second-order valence-electron chi connectivity index (χ2n) is 5.52. The van der Waals surface area contributed by atoms with Crippen LogP contribution >= 0.6 is 11.6 Å². The molecule has 2 aromatic rings. The molecular weight excluding hydrogens is 324 g/mol. The van der Waals surface area contributed by atoms with Crippen LogP contribution < -0.4 is 10.6 Å². The van der Waals surface area contributed by atoms with Crippen LogP contribution in [0.5, 0.6) is 0 Å². The zero-order chi connectivity index (χ0) is 17.4. The monoisotopic (exact) mass is 344 g/mol. The number of hydrogen-bond donors (Lipinski definition) is 2. The van der Waals surface area contributed by atoms with E-state index in [1.54, 1.807) is 24.3 Å². The Balaban J connectivity index is 1.89. The van der Waals surface area contributed by atoms with E-state index < -0.39 is 0 Å². The van der Waals surface area contributed by atoms with Crippen LogP contribution in [0.3, 0.4) is 0 Å². The molecule has 0 aliphatic rings. The third kappa shape index (κ3) is 5.70. The lowest BCUT2D eigenvalue weighted by molar-refractivity contribution is -0.117. The molecule has 0 atom stereocenters. The highest BCUT2D eigenvalue weighted by molar-refractivity contribution is 6.31. The molecule has 126 valence electrons. The van der Waals surface area contributed by atoms with Gasteiger partial charge in [-0.05, 0) is 42.7 Å². The fourth-order valence-electron chi connectivity index (χ4n) is 2.30. The van der Waals surface area contributed by atoms with Gasteiger partial charge in [0.05, 0.1) is 0 Å². The Hall–Kier alpha value is -2.33. The van der Waals surface area contributed by atoms with Crippen molar-refractivity contribution in [3.05, 3.63) is 59.1 Å². The SMILES string of the molecule is CCCC(=O)Nc1cccc(NC(=O)CCc2ccccc2Cl)c1. The second kappa shape index (κ2) is 9.08. The van der Waals surface area contributed by atoms with Gasteiger partial charge in [0, 0.05) is 29.2 Å². The molecule has 0 spiro atoms. The first-order valence-electron chi connectivity index (χ1n) is 8.01. The number of rotatable bonds is 7. The number of carbonyl (C=O) groups excluding carboxylic acids is 2. The van der Waals surface area contributed by atoms with Crippen LogP contribution in [-0.4, -0.2) is 11.8 Å². The van der Waals surface area contributed by atoms with E-state index in [1.165, 1.54) is 0 Å². The summed E-state index contributed by atoms with van der Waals surface area (Å²) in [6.07, 6.45) is 2.20.